The molecule has 0 saturated heterocycles. The van der Waals surface area contributed by atoms with E-state index in [4.69, 9.17) is 10.5 Å². The van der Waals surface area contributed by atoms with Gasteiger partial charge in [-0.25, -0.2) is 18.6 Å². The van der Waals surface area contributed by atoms with Gasteiger partial charge >= 0.3 is 5.97 Å². The largest absolute Gasteiger partial charge is 0.456 e. The van der Waals surface area contributed by atoms with Crippen molar-refractivity contribution in [3.63, 3.8) is 0 Å². The Morgan fingerprint density at radius 3 is 2.43 bits per heavy atom. The number of rotatable bonds is 13. The molecule has 9 nitrogen and oxygen atoms in total. The highest BCUT2D eigenvalue weighted by molar-refractivity contribution is 7.92. The van der Waals surface area contributed by atoms with E-state index in [0.29, 0.717) is 12.1 Å². The van der Waals surface area contributed by atoms with Crippen molar-refractivity contribution in [2.75, 3.05) is 11.3 Å². The number of nitrogens with one attached hydrogen (secondary N) is 2. The minimum absolute atomic E-state index is 0.0452. The van der Waals surface area contributed by atoms with Crippen LogP contribution in [-0.4, -0.2) is 42.6 Å². The van der Waals surface area contributed by atoms with Crippen molar-refractivity contribution >= 4 is 21.7 Å². The molecule has 222 valence electrons. The van der Waals surface area contributed by atoms with Gasteiger partial charge in [-0.2, -0.15) is 8.42 Å². The quantitative estimate of drug-likeness (QED) is 0.199. The summed E-state index contributed by atoms with van der Waals surface area (Å²) in [7, 11) is -2.34. The first kappa shape index (κ1) is 30.8. The highest BCUT2D eigenvalue weighted by Gasteiger charge is 2.25. The van der Waals surface area contributed by atoms with Crippen molar-refractivity contribution in [1.82, 2.24) is 14.9 Å². The van der Waals surface area contributed by atoms with E-state index in [1.807, 2.05) is 18.2 Å². The van der Waals surface area contributed by atoms with Gasteiger partial charge in [-0.3, -0.25) is 4.72 Å². The highest BCUT2D eigenvalue weighted by atomic mass is 32.2. The van der Waals surface area contributed by atoms with E-state index in [0.717, 1.165) is 18.1 Å². The molecule has 12 heteroatoms. The average Bonchev–Trinajstić information content (AvgIpc) is 3.39. The molecule has 1 heterocycles. The van der Waals surface area contributed by atoms with Crippen LogP contribution in [0.4, 0.5) is 14.5 Å². The monoisotopic (exact) mass is 597 g/mol. The zero-order valence-electron chi connectivity index (χ0n) is 23.3. The van der Waals surface area contributed by atoms with Crippen LogP contribution >= 0.6 is 0 Å². The van der Waals surface area contributed by atoms with Crippen molar-refractivity contribution in [2.45, 2.75) is 43.5 Å². The zero-order valence-corrected chi connectivity index (χ0v) is 24.1. The van der Waals surface area contributed by atoms with Gasteiger partial charge in [-0.05, 0) is 59.9 Å². The van der Waals surface area contributed by atoms with E-state index >= 15 is 0 Å². The Morgan fingerprint density at radius 2 is 1.74 bits per heavy atom. The lowest BCUT2D eigenvalue weighted by Gasteiger charge is -2.25. The summed E-state index contributed by atoms with van der Waals surface area (Å²) in [6.45, 7) is 2.70. The second kappa shape index (κ2) is 13.7. The van der Waals surface area contributed by atoms with Crippen LogP contribution in [0.25, 0.3) is 0 Å². The molecule has 2 atom stereocenters. The molecular formula is C30H33F2N5O4S. The number of nitrogens with zero attached hydrogens (tertiary/aromatic N) is 2. The maximum Gasteiger partial charge on any atom is 0.338 e. The SMILES string of the molecule is CCc1cccc(CNC[C@@H](OC(=O)c2cccc(NS(=O)(=O)c3cn(C)cn3)c2)[C@@H](N)Cc2cc(F)cc(F)c2)c1. The third-order valence-corrected chi connectivity index (χ3v) is 7.78. The fraction of sp³-hybridized carbons (Fsp3) is 0.267. The van der Waals surface area contributed by atoms with Gasteiger partial charge < -0.3 is 20.4 Å². The summed E-state index contributed by atoms with van der Waals surface area (Å²) in [6.07, 6.45) is 2.76. The molecule has 0 fully saturated rings. The third kappa shape index (κ3) is 8.44. The molecule has 4 rings (SSSR count). The molecule has 0 bridgehead atoms. The van der Waals surface area contributed by atoms with Gasteiger partial charge in [0, 0.05) is 44.1 Å². The van der Waals surface area contributed by atoms with Crippen LogP contribution in [0.3, 0.4) is 0 Å². The molecule has 0 unspecified atom stereocenters. The first-order chi connectivity index (χ1) is 20.0. The van der Waals surface area contributed by atoms with Gasteiger partial charge in [0.1, 0.15) is 17.7 Å². The van der Waals surface area contributed by atoms with Gasteiger partial charge in [0.25, 0.3) is 10.0 Å². The van der Waals surface area contributed by atoms with Crippen LogP contribution in [0.2, 0.25) is 0 Å². The van der Waals surface area contributed by atoms with Crippen molar-refractivity contribution < 1.29 is 26.7 Å². The van der Waals surface area contributed by atoms with Crippen molar-refractivity contribution in [2.24, 2.45) is 12.8 Å². The number of aryl methyl sites for hydroxylation is 2. The molecule has 4 aromatic rings. The highest BCUT2D eigenvalue weighted by Crippen LogP contribution is 2.18. The summed E-state index contributed by atoms with van der Waals surface area (Å²) in [6, 6.07) is 16.2. The molecular weight excluding hydrogens is 564 g/mol. The van der Waals surface area contributed by atoms with Crippen LogP contribution in [0.1, 0.15) is 34.0 Å². The summed E-state index contributed by atoms with van der Waals surface area (Å²) in [4.78, 5) is 17.1. The van der Waals surface area contributed by atoms with Crippen molar-refractivity contribution in [3.05, 3.63) is 113 Å². The molecule has 1 aromatic heterocycles. The average molecular weight is 598 g/mol. The Bertz CT molecular complexity index is 1620. The smallest absolute Gasteiger partial charge is 0.338 e. The molecule has 0 spiro atoms. The summed E-state index contributed by atoms with van der Waals surface area (Å²) < 4.78 is 62.6. The number of ether oxygens (including phenoxy) is 1. The number of nitrogens with two attached hydrogens (primary N) is 1. The maximum absolute atomic E-state index is 13.8. The number of carbonyl (C=O) groups is 1. The van der Waals surface area contributed by atoms with Gasteiger partial charge in [-0.15, -0.1) is 0 Å². The number of hydrogen-bond donors (Lipinski definition) is 3. The number of imidazole rings is 1. The maximum atomic E-state index is 13.8. The molecule has 42 heavy (non-hydrogen) atoms. The van der Waals surface area contributed by atoms with Crippen molar-refractivity contribution in [1.29, 1.82) is 0 Å². The number of benzene rings is 3. The number of sulfonamides is 1. The molecule has 0 aliphatic heterocycles. The Hall–Kier alpha value is -4.13. The topological polar surface area (TPSA) is 128 Å². The lowest BCUT2D eigenvalue weighted by molar-refractivity contribution is 0.0238. The molecule has 0 aliphatic carbocycles. The fourth-order valence-electron chi connectivity index (χ4n) is 4.38. The van der Waals surface area contributed by atoms with Crippen LogP contribution in [0, 0.1) is 11.6 Å². The predicted molar refractivity (Wildman–Crippen MR) is 155 cm³/mol. The number of aromatic nitrogens is 2. The minimum atomic E-state index is -3.98. The van der Waals surface area contributed by atoms with E-state index in [9.17, 15) is 22.0 Å². The number of anilines is 1. The second-order valence-corrected chi connectivity index (χ2v) is 11.6. The zero-order chi connectivity index (χ0) is 30.3. The number of halogens is 2. The Balaban J connectivity index is 1.49. The predicted octanol–water partition coefficient (Wildman–Crippen LogP) is 3.95. The summed E-state index contributed by atoms with van der Waals surface area (Å²) in [5.74, 6) is -2.20. The van der Waals surface area contributed by atoms with Gasteiger partial charge in [0.2, 0.25) is 0 Å². The molecule has 0 amide bonds. The van der Waals surface area contributed by atoms with E-state index in [-0.39, 0.29) is 29.2 Å². The van der Waals surface area contributed by atoms with Crippen LogP contribution in [0.5, 0.6) is 0 Å². The molecule has 0 aliphatic rings. The summed E-state index contributed by atoms with van der Waals surface area (Å²) >= 11 is 0. The Morgan fingerprint density at radius 1 is 1.02 bits per heavy atom. The van der Waals surface area contributed by atoms with Crippen LogP contribution in [0.15, 0.2) is 84.3 Å². The van der Waals surface area contributed by atoms with E-state index in [1.165, 1.54) is 59.1 Å². The van der Waals surface area contributed by atoms with E-state index in [1.54, 1.807) is 7.05 Å². The number of carbonyl (C=O) groups excluding carboxylic acids is 1. The first-order valence-corrected chi connectivity index (χ1v) is 14.8. The Labute approximate surface area is 243 Å². The lowest BCUT2D eigenvalue weighted by atomic mass is 10.0. The second-order valence-electron chi connectivity index (χ2n) is 9.96. The third-order valence-electron chi connectivity index (χ3n) is 6.51. The number of esters is 1. The summed E-state index contributed by atoms with van der Waals surface area (Å²) in [5, 5.41) is 3.08. The van der Waals surface area contributed by atoms with E-state index in [2.05, 4.69) is 28.0 Å². The van der Waals surface area contributed by atoms with E-state index < -0.39 is 39.8 Å². The van der Waals surface area contributed by atoms with Crippen LogP contribution in [-0.2, 0) is 41.2 Å². The molecule has 4 N–H and O–H groups in total. The Kier molecular flexibility index (Phi) is 10.0. The van der Waals surface area contributed by atoms with Gasteiger partial charge in [0.15, 0.2) is 5.03 Å². The minimum Gasteiger partial charge on any atom is -0.456 e. The molecule has 0 radical (unpaired) electrons. The molecule has 3 aromatic carbocycles. The fourth-order valence-corrected chi connectivity index (χ4v) is 5.41. The lowest BCUT2D eigenvalue weighted by Crippen LogP contribution is -2.46. The van der Waals surface area contributed by atoms with Gasteiger partial charge in [-0.1, -0.05) is 37.3 Å². The number of hydrogen-bond acceptors (Lipinski definition) is 7. The molecule has 0 saturated carbocycles. The normalized spacial score (nSPS) is 13.0. The standard InChI is InChI=1S/C30H33F2N5O4S/c1-3-20-6-4-7-21(10-20)16-34-17-28(27(33)13-22-11-24(31)15-25(32)12-22)41-30(38)23-8-5-9-26(14-23)36-42(39,40)29-18-37(2)19-35-29/h4-12,14-15,18-19,27-28,34,36H,3,13,16-17,33H2,1-2H3/t27-,28+/m0/s1. The van der Waals surface area contributed by atoms with Crippen LogP contribution < -0.4 is 15.8 Å². The first-order valence-electron chi connectivity index (χ1n) is 13.3. The van der Waals surface area contributed by atoms with Crippen molar-refractivity contribution in [3.8, 4) is 0 Å². The summed E-state index contributed by atoms with van der Waals surface area (Å²) in [5.41, 5.74) is 9.18. The van der Waals surface area contributed by atoms with Gasteiger partial charge in [0.05, 0.1) is 11.9 Å².